The predicted octanol–water partition coefficient (Wildman–Crippen LogP) is 5.12. The van der Waals surface area contributed by atoms with Gasteiger partial charge in [-0.05, 0) is 50.1 Å². The summed E-state index contributed by atoms with van der Waals surface area (Å²) in [6.45, 7) is 5.62. The van der Waals surface area contributed by atoms with Gasteiger partial charge in [0.1, 0.15) is 11.7 Å². The molecule has 1 saturated heterocycles. The van der Waals surface area contributed by atoms with Crippen LogP contribution >= 0.6 is 0 Å². The van der Waals surface area contributed by atoms with E-state index in [4.69, 9.17) is 10.00 Å². The zero-order chi connectivity index (χ0) is 29.2. The molecule has 3 N–H and O–H groups in total. The van der Waals surface area contributed by atoms with Gasteiger partial charge in [0.05, 0.1) is 25.3 Å². The van der Waals surface area contributed by atoms with E-state index in [9.17, 15) is 22.4 Å². The summed E-state index contributed by atoms with van der Waals surface area (Å²) in [7, 11) is 0. The van der Waals surface area contributed by atoms with E-state index in [2.05, 4.69) is 20.9 Å². The number of anilines is 2. The minimum Gasteiger partial charge on any atom is -0.383 e. The minimum absolute atomic E-state index is 0.0762. The number of rotatable bonds is 13. The second kappa shape index (κ2) is 14.3. The molecule has 40 heavy (non-hydrogen) atoms. The van der Waals surface area contributed by atoms with Gasteiger partial charge >= 0.3 is 6.18 Å². The zero-order valence-corrected chi connectivity index (χ0v) is 22.8. The number of hydrogen-bond acceptors (Lipinski definition) is 6. The van der Waals surface area contributed by atoms with Gasteiger partial charge in [0.25, 0.3) is 0 Å². The number of halogens is 4. The topological polar surface area (TPSA) is 89.4 Å². The highest BCUT2D eigenvalue weighted by molar-refractivity contribution is 5.82. The Bertz CT molecular complexity index is 1090. The summed E-state index contributed by atoms with van der Waals surface area (Å²) in [5, 5.41) is 17.4. The Morgan fingerprint density at radius 2 is 1.70 bits per heavy atom. The number of hydrogen-bond donors (Lipinski definition) is 3. The molecule has 7 nitrogen and oxygen atoms in total. The monoisotopic (exact) mass is 563 g/mol. The molecule has 1 amide bonds. The van der Waals surface area contributed by atoms with Crippen LogP contribution in [0.1, 0.15) is 44.7 Å². The molecule has 2 aromatic carbocycles. The molecule has 1 heterocycles. The number of nitrogens with zero attached hydrogens (tertiary/aromatic N) is 2. The second-order valence-electron chi connectivity index (χ2n) is 10.5. The Morgan fingerprint density at radius 3 is 2.27 bits per heavy atom. The number of amides is 1. The summed E-state index contributed by atoms with van der Waals surface area (Å²) < 4.78 is 62.1. The highest BCUT2D eigenvalue weighted by Gasteiger charge is 2.43. The van der Waals surface area contributed by atoms with Gasteiger partial charge < -0.3 is 20.3 Å². The molecule has 0 saturated carbocycles. The molecule has 0 aromatic heterocycles. The van der Waals surface area contributed by atoms with E-state index < -0.39 is 42.3 Å². The van der Waals surface area contributed by atoms with Crippen molar-refractivity contribution in [2.45, 2.75) is 63.1 Å². The number of alkyl halides is 4. The molecular formula is C29H37F4N5O2. The lowest BCUT2D eigenvalue weighted by molar-refractivity contribution is -0.161. The highest BCUT2D eigenvalue weighted by atomic mass is 19.4. The first-order valence-corrected chi connectivity index (χ1v) is 13.4. The number of benzene rings is 2. The van der Waals surface area contributed by atoms with Gasteiger partial charge in [0.15, 0.2) is 0 Å². The first kappa shape index (κ1) is 31.2. The van der Waals surface area contributed by atoms with Crippen molar-refractivity contribution in [3.05, 3.63) is 60.2 Å². The van der Waals surface area contributed by atoms with Crippen LogP contribution < -0.4 is 20.9 Å². The maximum atomic E-state index is 14.7. The Kier molecular flexibility index (Phi) is 11.2. The highest BCUT2D eigenvalue weighted by Crippen LogP contribution is 2.34. The Hall–Kier alpha value is -3.36. The van der Waals surface area contributed by atoms with E-state index in [1.165, 1.54) is 38.1 Å². The van der Waals surface area contributed by atoms with E-state index in [-0.39, 0.29) is 24.9 Å². The van der Waals surface area contributed by atoms with Crippen molar-refractivity contribution in [2.24, 2.45) is 0 Å². The lowest BCUT2D eigenvalue weighted by Crippen LogP contribution is -2.53. The number of nitrogens with one attached hydrogen (secondary N) is 3. The van der Waals surface area contributed by atoms with E-state index in [0.717, 1.165) is 24.5 Å². The second-order valence-corrected chi connectivity index (χ2v) is 10.5. The Labute approximate surface area is 232 Å². The van der Waals surface area contributed by atoms with Crippen LogP contribution in [0.25, 0.3) is 0 Å². The molecule has 3 rings (SSSR count). The summed E-state index contributed by atoms with van der Waals surface area (Å²) in [4.78, 5) is 15.5. The molecule has 1 aliphatic heterocycles. The number of nitriles is 1. The van der Waals surface area contributed by atoms with E-state index in [1.54, 1.807) is 6.07 Å². The van der Waals surface area contributed by atoms with Gasteiger partial charge in [-0.3, -0.25) is 10.1 Å². The molecule has 2 aromatic rings. The van der Waals surface area contributed by atoms with Crippen molar-refractivity contribution in [3.63, 3.8) is 0 Å². The minimum atomic E-state index is -4.71. The van der Waals surface area contributed by atoms with Crippen molar-refractivity contribution >= 4 is 17.3 Å². The maximum Gasteiger partial charge on any atom is 0.407 e. The normalized spacial score (nSPS) is 16.5. The van der Waals surface area contributed by atoms with Gasteiger partial charge in [0.2, 0.25) is 5.91 Å². The van der Waals surface area contributed by atoms with Crippen LogP contribution in [-0.4, -0.2) is 62.7 Å². The number of carbonyl (C=O) groups excluding carboxylic acids is 1. The molecule has 0 radical (unpaired) electrons. The Morgan fingerprint density at radius 1 is 1.05 bits per heavy atom. The quantitative estimate of drug-likeness (QED) is 0.293. The standard InChI is InChI=1S/C29H37F4N5O2/c1-28(2,30)19-25(37-26(29(31,32)33)21-7-4-3-5-8-21)27(39)36-23(9-6-14-34)20-35-22-10-12-24(13-11-22)38-15-17-40-18-16-38/h3-5,7-8,10-13,23,25-26,35,37H,6,9,15-20H2,1-2H3,(H,36,39)/t23-,25-,26-/m0/s1. The zero-order valence-electron chi connectivity index (χ0n) is 22.8. The average molecular weight is 564 g/mol. The third-order valence-corrected chi connectivity index (χ3v) is 6.58. The van der Waals surface area contributed by atoms with Crippen LogP contribution in [-0.2, 0) is 9.53 Å². The largest absolute Gasteiger partial charge is 0.407 e. The average Bonchev–Trinajstić information content (AvgIpc) is 2.92. The third kappa shape index (κ3) is 9.99. The molecular weight excluding hydrogens is 526 g/mol. The van der Waals surface area contributed by atoms with Gasteiger partial charge in [-0.15, -0.1) is 0 Å². The van der Waals surface area contributed by atoms with Crippen LogP contribution in [0.15, 0.2) is 54.6 Å². The molecule has 0 bridgehead atoms. The lowest BCUT2D eigenvalue weighted by Gasteiger charge is -2.31. The smallest absolute Gasteiger partial charge is 0.383 e. The van der Waals surface area contributed by atoms with Crippen molar-refractivity contribution in [1.82, 2.24) is 10.6 Å². The van der Waals surface area contributed by atoms with Crippen molar-refractivity contribution < 1.29 is 27.1 Å². The fourth-order valence-corrected chi connectivity index (χ4v) is 4.56. The number of morpholine rings is 1. The summed E-state index contributed by atoms with van der Waals surface area (Å²) in [5.74, 6) is -0.761. The van der Waals surface area contributed by atoms with Crippen LogP contribution in [0.2, 0.25) is 0 Å². The van der Waals surface area contributed by atoms with Crippen molar-refractivity contribution in [1.29, 1.82) is 5.26 Å². The van der Waals surface area contributed by atoms with Gasteiger partial charge in [-0.1, -0.05) is 30.3 Å². The fraction of sp³-hybridized carbons (Fsp3) is 0.517. The predicted molar refractivity (Wildman–Crippen MR) is 147 cm³/mol. The molecule has 1 fully saturated rings. The van der Waals surface area contributed by atoms with Crippen molar-refractivity contribution in [3.8, 4) is 6.07 Å². The molecule has 0 aliphatic carbocycles. The first-order valence-electron chi connectivity index (χ1n) is 13.4. The summed E-state index contributed by atoms with van der Waals surface area (Å²) in [6, 6.07) is 12.7. The van der Waals surface area contributed by atoms with Crippen LogP contribution in [0.5, 0.6) is 0 Å². The molecule has 1 aliphatic rings. The molecule has 0 unspecified atom stereocenters. The van der Waals surface area contributed by atoms with Crippen LogP contribution in [0.4, 0.5) is 28.9 Å². The van der Waals surface area contributed by atoms with Gasteiger partial charge in [-0.2, -0.15) is 18.4 Å². The van der Waals surface area contributed by atoms with Gasteiger partial charge in [0, 0.05) is 49.9 Å². The number of carbonyl (C=O) groups is 1. The first-order chi connectivity index (χ1) is 19.0. The van der Waals surface area contributed by atoms with Crippen LogP contribution in [0.3, 0.4) is 0 Å². The van der Waals surface area contributed by atoms with Crippen molar-refractivity contribution in [2.75, 3.05) is 43.1 Å². The van der Waals surface area contributed by atoms with Gasteiger partial charge in [-0.25, -0.2) is 4.39 Å². The van der Waals surface area contributed by atoms with E-state index in [1.807, 2.05) is 30.3 Å². The molecule has 11 heteroatoms. The Balaban J connectivity index is 1.70. The molecule has 218 valence electrons. The summed E-state index contributed by atoms with van der Waals surface area (Å²) >= 11 is 0. The fourth-order valence-electron chi connectivity index (χ4n) is 4.56. The lowest BCUT2D eigenvalue weighted by atomic mass is 9.97. The number of ether oxygens (including phenoxy) is 1. The summed E-state index contributed by atoms with van der Waals surface area (Å²) in [5.41, 5.74) is -0.143. The molecule has 3 atom stereocenters. The van der Waals surface area contributed by atoms with Crippen LogP contribution in [0, 0.1) is 11.3 Å². The molecule has 0 spiro atoms. The SMILES string of the molecule is CC(C)(F)C[C@H](N[C@@H](c1ccccc1)C(F)(F)F)C(=O)N[C@@H](CCC#N)CNc1ccc(N2CCOCC2)cc1. The van der Waals surface area contributed by atoms with E-state index in [0.29, 0.717) is 13.2 Å². The maximum absolute atomic E-state index is 14.7. The third-order valence-electron chi connectivity index (χ3n) is 6.58. The van der Waals surface area contributed by atoms with E-state index >= 15 is 0 Å². The summed E-state index contributed by atoms with van der Waals surface area (Å²) in [6.07, 6.45) is -4.78.